The molecule has 0 saturated carbocycles. The van der Waals surface area contributed by atoms with Crippen LogP contribution in [0.1, 0.15) is 26.2 Å². The summed E-state index contributed by atoms with van der Waals surface area (Å²) in [4.78, 5) is 15.8. The Kier molecular flexibility index (Phi) is 5.01. The highest BCUT2D eigenvalue weighted by molar-refractivity contribution is 7.86. The minimum Gasteiger partial charge on any atom is -0.341 e. The van der Waals surface area contributed by atoms with Crippen LogP contribution in [0.25, 0.3) is 0 Å². The lowest BCUT2D eigenvalue weighted by Crippen LogP contribution is -2.40. The van der Waals surface area contributed by atoms with Gasteiger partial charge in [-0.25, -0.2) is 0 Å². The summed E-state index contributed by atoms with van der Waals surface area (Å²) in [6, 6.07) is 0. The standard InChI is InChI=1S/C13H23FN2O3S/c1-11-2-4-15(5-3-11)6-7-16-9-12(8-13(16)17)10-20(14,18)19/h11-12H,2-10H2,1H3. The number of halogens is 1. The fraction of sp³-hybridized carbons (Fsp3) is 0.923. The van der Waals surface area contributed by atoms with E-state index in [2.05, 4.69) is 11.8 Å². The van der Waals surface area contributed by atoms with Gasteiger partial charge in [0.1, 0.15) is 0 Å². The number of likely N-dealkylation sites (tertiary alicyclic amines) is 2. The van der Waals surface area contributed by atoms with Crippen LogP contribution in [0.2, 0.25) is 0 Å². The third-order valence-electron chi connectivity index (χ3n) is 4.29. The van der Waals surface area contributed by atoms with Crippen LogP contribution < -0.4 is 0 Å². The average Bonchev–Trinajstić information content (AvgIpc) is 2.66. The molecule has 1 unspecified atom stereocenters. The predicted molar refractivity (Wildman–Crippen MR) is 74.4 cm³/mol. The summed E-state index contributed by atoms with van der Waals surface area (Å²) in [6.07, 6.45) is 2.54. The lowest BCUT2D eigenvalue weighted by atomic mass is 9.99. The Bertz CT molecular complexity index is 447. The Hall–Kier alpha value is -0.690. The first kappa shape index (κ1) is 15.7. The number of nitrogens with zero attached hydrogens (tertiary/aromatic N) is 2. The minimum atomic E-state index is -4.49. The summed E-state index contributed by atoms with van der Waals surface area (Å²) in [5, 5.41) is 0. The third kappa shape index (κ3) is 4.70. The molecular formula is C13H23FN2O3S. The van der Waals surface area contributed by atoms with Crippen LogP contribution in [0.4, 0.5) is 3.89 Å². The molecular weight excluding hydrogens is 283 g/mol. The Morgan fingerprint density at radius 1 is 1.25 bits per heavy atom. The molecule has 2 rings (SSSR count). The monoisotopic (exact) mass is 306 g/mol. The van der Waals surface area contributed by atoms with Gasteiger partial charge in [-0.3, -0.25) is 4.79 Å². The average molecular weight is 306 g/mol. The van der Waals surface area contributed by atoms with Crippen molar-refractivity contribution in [1.29, 1.82) is 0 Å². The molecule has 2 fully saturated rings. The molecule has 0 bridgehead atoms. The Morgan fingerprint density at radius 2 is 1.90 bits per heavy atom. The van der Waals surface area contributed by atoms with Gasteiger partial charge in [0, 0.05) is 32.0 Å². The van der Waals surface area contributed by atoms with E-state index in [4.69, 9.17) is 0 Å². The fourth-order valence-electron chi connectivity index (χ4n) is 3.01. The molecule has 0 aromatic heterocycles. The maximum atomic E-state index is 12.6. The lowest BCUT2D eigenvalue weighted by molar-refractivity contribution is -0.127. The van der Waals surface area contributed by atoms with Crippen molar-refractivity contribution in [3.63, 3.8) is 0 Å². The first-order chi connectivity index (χ1) is 9.33. The van der Waals surface area contributed by atoms with E-state index < -0.39 is 16.0 Å². The summed E-state index contributed by atoms with van der Waals surface area (Å²) in [5.74, 6) is -0.196. The van der Waals surface area contributed by atoms with Crippen molar-refractivity contribution >= 4 is 16.1 Å². The first-order valence-electron chi connectivity index (χ1n) is 7.26. The second-order valence-electron chi connectivity index (χ2n) is 6.14. The van der Waals surface area contributed by atoms with Crippen molar-refractivity contribution in [2.75, 3.05) is 38.5 Å². The summed E-state index contributed by atoms with van der Waals surface area (Å²) in [5.41, 5.74) is 0. The third-order valence-corrected chi connectivity index (χ3v) is 5.16. The Balaban J connectivity index is 1.75. The van der Waals surface area contributed by atoms with E-state index in [1.807, 2.05) is 0 Å². The highest BCUT2D eigenvalue weighted by Crippen LogP contribution is 2.21. The van der Waals surface area contributed by atoms with E-state index in [1.165, 1.54) is 12.8 Å². The van der Waals surface area contributed by atoms with E-state index in [0.717, 1.165) is 25.6 Å². The Morgan fingerprint density at radius 3 is 2.50 bits per heavy atom. The van der Waals surface area contributed by atoms with Gasteiger partial charge in [0.05, 0.1) is 5.75 Å². The molecule has 0 N–H and O–H groups in total. The van der Waals surface area contributed by atoms with Gasteiger partial charge in [-0.05, 0) is 31.8 Å². The second-order valence-corrected chi connectivity index (χ2v) is 7.55. The summed E-state index contributed by atoms with van der Waals surface area (Å²) in [7, 11) is -4.49. The second kappa shape index (κ2) is 6.39. The smallest absolute Gasteiger partial charge is 0.302 e. The highest BCUT2D eigenvalue weighted by atomic mass is 32.3. The number of piperidine rings is 1. The maximum Gasteiger partial charge on any atom is 0.302 e. The summed E-state index contributed by atoms with van der Waals surface area (Å²) in [6.45, 7) is 6.19. The van der Waals surface area contributed by atoms with Crippen molar-refractivity contribution in [3.05, 3.63) is 0 Å². The van der Waals surface area contributed by atoms with Gasteiger partial charge in [0.15, 0.2) is 0 Å². The molecule has 116 valence electrons. The molecule has 1 atom stereocenters. The van der Waals surface area contributed by atoms with Crippen LogP contribution in [0, 0.1) is 11.8 Å². The van der Waals surface area contributed by atoms with Crippen molar-refractivity contribution in [2.24, 2.45) is 11.8 Å². The van der Waals surface area contributed by atoms with Gasteiger partial charge in [-0.1, -0.05) is 6.92 Å². The minimum absolute atomic E-state index is 0.0518. The van der Waals surface area contributed by atoms with E-state index in [-0.39, 0.29) is 18.2 Å². The van der Waals surface area contributed by atoms with Crippen LogP contribution in [0.15, 0.2) is 0 Å². The highest BCUT2D eigenvalue weighted by Gasteiger charge is 2.32. The summed E-state index contributed by atoms with van der Waals surface area (Å²) >= 11 is 0. The molecule has 2 heterocycles. The van der Waals surface area contributed by atoms with Gasteiger partial charge in [0.25, 0.3) is 0 Å². The zero-order chi connectivity index (χ0) is 14.8. The quantitative estimate of drug-likeness (QED) is 0.707. The van der Waals surface area contributed by atoms with Crippen molar-refractivity contribution in [2.45, 2.75) is 26.2 Å². The fourth-order valence-corrected chi connectivity index (χ4v) is 3.80. The summed E-state index contributed by atoms with van der Waals surface area (Å²) < 4.78 is 33.9. The number of hydrogen-bond donors (Lipinski definition) is 0. The molecule has 0 spiro atoms. The Labute approximate surface area is 120 Å². The SMILES string of the molecule is CC1CCN(CCN2CC(CS(=O)(=O)F)CC2=O)CC1. The van der Waals surface area contributed by atoms with Crippen molar-refractivity contribution < 1.29 is 17.1 Å². The van der Waals surface area contributed by atoms with Gasteiger partial charge >= 0.3 is 10.2 Å². The van der Waals surface area contributed by atoms with Crippen LogP contribution in [0.5, 0.6) is 0 Å². The van der Waals surface area contributed by atoms with Crippen LogP contribution in [-0.2, 0) is 15.0 Å². The molecule has 2 saturated heterocycles. The number of hydrogen-bond acceptors (Lipinski definition) is 4. The topological polar surface area (TPSA) is 57.7 Å². The zero-order valence-electron chi connectivity index (χ0n) is 11.9. The van der Waals surface area contributed by atoms with E-state index in [9.17, 15) is 17.1 Å². The zero-order valence-corrected chi connectivity index (χ0v) is 12.7. The molecule has 0 aromatic carbocycles. The predicted octanol–water partition coefficient (Wildman–Crippen LogP) is 0.866. The molecule has 0 aromatic rings. The van der Waals surface area contributed by atoms with E-state index in [1.54, 1.807) is 4.90 Å². The van der Waals surface area contributed by atoms with Crippen LogP contribution >= 0.6 is 0 Å². The molecule has 1 amide bonds. The normalized spacial score (nSPS) is 26.4. The molecule has 5 nitrogen and oxygen atoms in total. The number of carbonyl (C=O) groups is 1. The molecule has 7 heteroatoms. The van der Waals surface area contributed by atoms with Crippen molar-refractivity contribution in [1.82, 2.24) is 9.80 Å². The van der Waals surface area contributed by atoms with Crippen LogP contribution in [-0.4, -0.2) is 62.6 Å². The van der Waals surface area contributed by atoms with E-state index in [0.29, 0.717) is 13.1 Å². The number of rotatable bonds is 5. The molecule has 2 aliphatic rings. The molecule has 20 heavy (non-hydrogen) atoms. The van der Waals surface area contributed by atoms with E-state index >= 15 is 0 Å². The molecule has 0 aliphatic carbocycles. The van der Waals surface area contributed by atoms with Gasteiger partial charge < -0.3 is 9.80 Å². The number of carbonyl (C=O) groups excluding carboxylic acids is 1. The first-order valence-corrected chi connectivity index (χ1v) is 8.81. The van der Waals surface area contributed by atoms with Gasteiger partial charge in [-0.2, -0.15) is 8.42 Å². The van der Waals surface area contributed by atoms with Crippen molar-refractivity contribution in [3.8, 4) is 0 Å². The number of amides is 1. The van der Waals surface area contributed by atoms with Gasteiger partial charge in [-0.15, -0.1) is 3.89 Å². The lowest BCUT2D eigenvalue weighted by Gasteiger charge is -2.31. The molecule has 2 aliphatic heterocycles. The largest absolute Gasteiger partial charge is 0.341 e. The van der Waals surface area contributed by atoms with Gasteiger partial charge in [0.2, 0.25) is 5.91 Å². The van der Waals surface area contributed by atoms with Crippen LogP contribution in [0.3, 0.4) is 0 Å². The molecule has 0 radical (unpaired) electrons. The maximum absolute atomic E-state index is 12.6.